The van der Waals surface area contributed by atoms with E-state index in [1.807, 2.05) is 0 Å². The second kappa shape index (κ2) is 6.54. The van der Waals surface area contributed by atoms with E-state index in [1.165, 1.54) is 21.3 Å². The summed E-state index contributed by atoms with van der Waals surface area (Å²) in [4.78, 5) is 11.5. The highest BCUT2D eigenvalue weighted by molar-refractivity contribution is 7.53. The van der Waals surface area contributed by atoms with Crippen LogP contribution in [0.1, 0.15) is 10.4 Å². The van der Waals surface area contributed by atoms with Gasteiger partial charge >= 0.3 is 13.6 Å². The Morgan fingerprint density at radius 3 is 2.33 bits per heavy atom. The third kappa shape index (κ3) is 3.57. The summed E-state index contributed by atoms with van der Waals surface area (Å²) in [6.07, 6.45) is -0.284. The molecule has 0 aromatic heterocycles. The monoisotopic (exact) mass is 274 g/mol. The molecule has 0 radical (unpaired) electrons. The van der Waals surface area contributed by atoms with Gasteiger partial charge in [0.25, 0.3) is 0 Å². The summed E-state index contributed by atoms with van der Waals surface area (Å²) in [5.74, 6) is -0.269. The van der Waals surface area contributed by atoms with Crippen molar-refractivity contribution in [2.45, 2.75) is 0 Å². The maximum atomic E-state index is 11.8. The summed E-state index contributed by atoms with van der Waals surface area (Å²) in [6.45, 7) is 0. The van der Waals surface area contributed by atoms with Crippen molar-refractivity contribution in [2.24, 2.45) is 0 Å². The summed E-state index contributed by atoms with van der Waals surface area (Å²) in [7, 11) is 0.520. The van der Waals surface area contributed by atoms with Crippen molar-refractivity contribution in [1.29, 1.82) is 0 Å². The first-order valence-electron chi connectivity index (χ1n) is 5.07. The molecule has 0 spiro atoms. The van der Waals surface area contributed by atoms with E-state index in [1.54, 1.807) is 24.3 Å². The second-order valence-corrected chi connectivity index (χ2v) is 5.45. The summed E-state index contributed by atoms with van der Waals surface area (Å²) in [5, 5.41) is 0. The van der Waals surface area contributed by atoms with Gasteiger partial charge < -0.3 is 18.5 Å². The molecule has 100 valence electrons. The first-order valence-corrected chi connectivity index (χ1v) is 6.79. The highest BCUT2D eigenvalue weighted by atomic mass is 31.2. The molecule has 0 fully saturated rings. The van der Waals surface area contributed by atoms with Crippen molar-refractivity contribution < 1.29 is 27.9 Å². The van der Waals surface area contributed by atoms with Crippen LogP contribution in [0.15, 0.2) is 24.3 Å². The molecular formula is C11H15O6P. The molecule has 0 aliphatic carbocycles. The Balaban J connectivity index is 2.85. The number of carbonyl (C=O) groups is 1. The van der Waals surface area contributed by atoms with E-state index in [-0.39, 0.29) is 17.7 Å². The van der Waals surface area contributed by atoms with Crippen LogP contribution in [0.5, 0.6) is 5.75 Å². The van der Waals surface area contributed by atoms with Gasteiger partial charge in [0.2, 0.25) is 0 Å². The van der Waals surface area contributed by atoms with Crippen LogP contribution >= 0.6 is 7.60 Å². The van der Waals surface area contributed by atoms with Crippen LogP contribution in [0.2, 0.25) is 0 Å². The molecular weight excluding hydrogens is 259 g/mol. The van der Waals surface area contributed by atoms with Gasteiger partial charge in [-0.1, -0.05) is 12.1 Å². The largest absolute Gasteiger partial charge is 0.480 e. The third-order valence-electron chi connectivity index (χ3n) is 2.23. The molecule has 1 aromatic rings. The first kappa shape index (κ1) is 14.7. The topological polar surface area (TPSA) is 71.1 Å². The van der Waals surface area contributed by atoms with Crippen LogP contribution in [-0.2, 0) is 18.3 Å². The van der Waals surface area contributed by atoms with E-state index in [2.05, 4.69) is 4.74 Å². The molecule has 6 nitrogen and oxygen atoms in total. The molecule has 7 heteroatoms. The lowest BCUT2D eigenvalue weighted by molar-refractivity contribution is 0.0596. The van der Waals surface area contributed by atoms with E-state index in [9.17, 15) is 9.36 Å². The third-order valence-corrected chi connectivity index (χ3v) is 3.78. The quantitative estimate of drug-likeness (QED) is 0.585. The van der Waals surface area contributed by atoms with Crippen LogP contribution in [-0.4, -0.2) is 33.6 Å². The average molecular weight is 274 g/mol. The molecule has 0 aliphatic heterocycles. The maximum absolute atomic E-state index is 11.8. The highest BCUT2D eigenvalue weighted by Crippen LogP contribution is 2.46. The average Bonchev–Trinajstić information content (AvgIpc) is 2.44. The zero-order valence-electron chi connectivity index (χ0n) is 10.4. The lowest BCUT2D eigenvalue weighted by atomic mass is 10.2. The van der Waals surface area contributed by atoms with E-state index < -0.39 is 13.6 Å². The van der Waals surface area contributed by atoms with Gasteiger partial charge in [0, 0.05) is 14.2 Å². The molecule has 0 heterocycles. The molecule has 0 amide bonds. The number of hydrogen-bond donors (Lipinski definition) is 0. The van der Waals surface area contributed by atoms with Crippen molar-refractivity contribution in [3.05, 3.63) is 29.8 Å². The second-order valence-electron chi connectivity index (χ2n) is 3.24. The fourth-order valence-electron chi connectivity index (χ4n) is 1.20. The molecule has 0 bridgehead atoms. The zero-order valence-corrected chi connectivity index (χ0v) is 11.3. The van der Waals surface area contributed by atoms with Crippen molar-refractivity contribution >= 4 is 13.6 Å². The molecule has 18 heavy (non-hydrogen) atoms. The summed E-state index contributed by atoms with van der Waals surface area (Å²) >= 11 is 0. The SMILES string of the molecule is COC(=O)c1ccccc1OCP(=O)(OC)OC. The predicted octanol–water partition coefficient (Wildman–Crippen LogP) is 2.30. The fourth-order valence-corrected chi connectivity index (χ4v) is 1.86. The lowest BCUT2D eigenvalue weighted by Crippen LogP contribution is -2.08. The van der Waals surface area contributed by atoms with Crippen LogP contribution in [0.4, 0.5) is 0 Å². The summed E-state index contributed by atoms with van der Waals surface area (Å²) < 4.78 is 31.1. The normalized spacial score (nSPS) is 11.1. The minimum Gasteiger partial charge on any atom is -0.480 e. The number of carbonyl (C=O) groups excluding carboxylic acids is 1. The van der Waals surface area contributed by atoms with Gasteiger partial charge in [-0.15, -0.1) is 0 Å². The van der Waals surface area contributed by atoms with Gasteiger partial charge in [-0.3, -0.25) is 4.57 Å². The number of ether oxygens (including phenoxy) is 2. The number of esters is 1. The van der Waals surface area contributed by atoms with Gasteiger partial charge in [-0.05, 0) is 12.1 Å². The van der Waals surface area contributed by atoms with Gasteiger partial charge in [0.1, 0.15) is 11.3 Å². The van der Waals surface area contributed by atoms with E-state index >= 15 is 0 Å². The number of benzene rings is 1. The minimum atomic E-state index is -3.28. The first-order chi connectivity index (χ1) is 8.56. The standard InChI is InChI=1S/C11H15O6P/c1-14-11(12)9-6-4-5-7-10(9)17-8-18(13,15-2)16-3/h4-7H,8H2,1-3H3. The number of para-hydroxylation sites is 1. The van der Waals surface area contributed by atoms with E-state index in [0.717, 1.165) is 0 Å². The highest BCUT2D eigenvalue weighted by Gasteiger charge is 2.23. The van der Waals surface area contributed by atoms with Gasteiger partial charge in [-0.2, -0.15) is 0 Å². The van der Waals surface area contributed by atoms with Crippen molar-refractivity contribution in [3.63, 3.8) is 0 Å². The molecule has 0 N–H and O–H groups in total. The van der Waals surface area contributed by atoms with Crippen LogP contribution in [0, 0.1) is 0 Å². The Morgan fingerprint density at radius 1 is 1.17 bits per heavy atom. The van der Waals surface area contributed by atoms with E-state index in [4.69, 9.17) is 13.8 Å². The molecule has 0 atom stereocenters. The molecule has 0 saturated carbocycles. The zero-order chi connectivity index (χ0) is 13.6. The molecule has 1 aromatic carbocycles. The molecule has 0 saturated heterocycles. The Labute approximate surface area is 105 Å². The van der Waals surface area contributed by atoms with E-state index in [0.29, 0.717) is 0 Å². The van der Waals surface area contributed by atoms with Gasteiger partial charge in [0.05, 0.1) is 7.11 Å². The van der Waals surface area contributed by atoms with Crippen LogP contribution in [0.3, 0.4) is 0 Å². The maximum Gasteiger partial charge on any atom is 0.367 e. The summed E-state index contributed by atoms with van der Waals surface area (Å²) in [5.41, 5.74) is 0.249. The predicted molar refractivity (Wildman–Crippen MR) is 64.9 cm³/mol. The van der Waals surface area contributed by atoms with Crippen LogP contribution < -0.4 is 4.74 Å². The Bertz CT molecular complexity index is 451. The van der Waals surface area contributed by atoms with Crippen molar-refractivity contribution in [1.82, 2.24) is 0 Å². The van der Waals surface area contributed by atoms with Crippen molar-refractivity contribution in [3.8, 4) is 5.75 Å². The number of rotatable bonds is 6. The Hall–Kier alpha value is -1.36. The molecule has 1 rings (SSSR count). The lowest BCUT2D eigenvalue weighted by Gasteiger charge is -2.15. The summed E-state index contributed by atoms with van der Waals surface area (Å²) in [6, 6.07) is 6.48. The fraction of sp³-hybridized carbons (Fsp3) is 0.364. The molecule has 0 unspecified atom stereocenters. The van der Waals surface area contributed by atoms with Crippen molar-refractivity contribution in [2.75, 3.05) is 27.7 Å². The Morgan fingerprint density at radius 2 is 1.78 bits per heavy atom. The molecule has 0 aliphatic rings. The minimum absolute atomic E-state index is 0.249. The van der Waals surface area contributed by atoms with Gasteiger partial charge in [0.15, 0.2) is 6.35 Å². The number of methoxy groups -OCH3 is 1. The smallest absolute Gasteiger partial charge is 0.367 e. The van der Waals surface area contributed by atoms with Crippen LogP contribution in [0.25, 0.3) is 0 Å². The van der Waals surface area contributed by atoms with Gasteiger partial charge in [-0.25, -0.2) is 4.79 Å². The number of hydrogen-bond acceptors (Lipinski definition) is 6. The Kier molecular flexibility index (Phi) is 5.34.